The Bertz CT molecular complexity index is 550. The van der Waals surface area contributed by atoms with E-state index >= 15 is 0 Å². The van der Waals surface area contributed by atoms with Crippen molar-refractivity contribution in [2.24, 2.45) is 0 Å². The smallest absolute Gasteiger partial charge is 0.274 e. The van der Waals surface area contributed by atoms with Crippen molar-refractivity contribution < 1.29 is 57.7 Å². The van der Waals surface area contributed by atoms with Crippen LogP contribution < -0.4 is 0 Å². The molecule has 0 unspecified atom stereocenters. The minimum absolute atomic E-state index is 1.17. The molecule has 0 atom stereocenters. The first kappa shape index (κ1) is 22.6. The highest BCUT2D eigenvalue weighted by Gasteiger charge is 2.83. The van der Waals surface area contributed by atoms with Crippen LogP contribution in [0.25, 0.3) is 0 Å². The molecule has 0 N–H and O–H groups in total. The fourth-order valence-electron chi connectivity index (χ4n) is 0.881. The molecular weight excluding hydrogens is 386 g/mol. The van der Waals surface area contributed by atoms with Crippen LogP contribution in [0.1, 0.15) is 0 Å². The van der Waals surface area contributed by atoms with Crippen LogP contribution >= 0.6 is 7.82 Å². The van der Waals surface area contributed by atoms with Gasteiger partial charge in [0, 0.05) is 0 Å². The number of hydrogen-bond acceptors (Lipinski definition) is 4. The maximum Gasteiger partial charge on any atom is 0.481 e. The lowest BCUT2D eigenvalue weighted by atomic mass is 10.1. The van der Waals surface area contributed by atoms with E-state index in [0.29, 0.717) is 0 Å². The van der Waals surface area contributed by atoms with Gasteiger partial charge in [0.25, 0.3) is 0 Å². The first-order valence-electron chi connectivity index (χ1n) is 5.25. The Morgan fingerprint density at radius 1 is 0.792 bits per heavy atom. The minimum Gasteiger partial charge on any atom is -0.274 e. The maximum absolute atomic E-state index is 13.2. The highest BCUT2D eigenvalue weighted by atomic mass is 31.2. The van der Waals surface area contributed by atoms with Gasteiger partial charge >= 0.3 is 32.0 Å². The molecule has 0 aliphatic heterocycles. The number of halogens is 9. The summed E-state index contributed by atoms with van der Waals surface area (Å²) in [4.78, 5) is 0. The van der Waals surface area contributed by atoms with Crippen LogP contribution in [0.3, 0.4) is 0 Å². The predicted octanol–water partition coefficient (Wildman–Crippen LogP) is 3.84. The summed E-state index contributed by atoms with van der Waals surface area (Å²) < 4.78 is 135. The van der Waals surface area contributed by atoms with Gasteiger partial charge in [0.15, 0.2) is 0 Å². The SMILES string of the molecule is C#CCOP(=O)(OCC#C)OC(F)(F)C(F)(F)C(F)(F)C(F)(F)F. The molecule has 0 spiro atoms. The summed E-state index contributed by atoms with van der Waals surface area (Å²) in [6.07, 6.45) is -4.53. The summed E-state index contributed by atoms with van der Waals surface area (Å²) in [5.74, 6) is -11.4. The molecule has 14 heteroatoms. The summed E-state index contributed by atoms with van der Waals surface area (Å²) in [7, 11) is -5.81. The number of terminal acetylenes is 2. The van der Waals surface area contributed by atoms with E-state index in [9.17, 15) is 44.1 Å². The second-order valence-corrected chi connectivity index (χ2v) is 5.25. The molecule has 0 heterocycles. The molecule has 0 bridgehead atoms. The summed E-state index contributed by atoms with van der Waals surface area (Å²) in [6, 6.07) is 0. The third-order valence-corrected chi connectivity index (χ3v) is 3.30. The van der Waals surface area contributed by atoms with Crippen molar-refractivity contribution in [2.45, 2.75) is 24.1 Å². The average Bonchev–Trinajstić information content (AvgIpc) is 2.41. The fraction of sp³-hybridized carbons (Fsp3) is 0.600. The van der Waals surface area contributed by atoms with Crippen LogP contribution in [0.4, 0.5) is 39.5 Å². The third-order valence-electron chi connectivity index (χ3n) is 1.95. The van der Waals surface area contributed by atoms with E-state index in [1.165, 1.54) is 11.8 Å². The number of alkyl halides is 9. The van der Waals surface area contributed by atoms with Crippen LogP contribution in [0.2, 0.25) is 0 Å². The van der Waals surface area contributed by atoms with Gasteiger partial charge in [-0.05, 0) is 0 Å². The lowest BCUT2D eigenvalue weighted by Gasteiger charge is -2.33. The van der Waals surface area contributed by atoms with Crippen molar-refractivity contribution in [2.75, 3.05) is 13.2 Å². The zero-order chi connectivity index (χ0) is 19.4. The Kier molecular flexibility index (Phi) is 6.81. The van der Waals surface area contributed by atoms with E-state index in [-0.39, 0.29) is 0 Å². The molecule has 24 heavy (non-hydrogen) atoms. The van der Waals surface area contributed by atoms with E-state index in [1.54, 1.807) is 0 Å². The summed E-state index contributed by atoms with van der Waals surface area (Å²) in [5.41, 5.74) is 0. The molecule has 0 aromatic heterocycles. The molecule has 0 fully saturated rings. The summed E-state index contributed by atoms with van der Waals surface area (Å²) in [5, 5.41) is 0. The molecule has 0 amide bonds. The molecular formula is C10H6F9O4P. The van der Waals surface area contributed by atoms with E-state index < -0.39 is 45.2 Å². The monoisotopic (exact) mass is 392 g/mol. The first-order chi connectivity index (χ1) is 10.6. The maximum atomic E-state index is 13.2. The van der Waals surface area contributed by atoms with Crippen LogP contribution in [0.15, 0.2) is 0 Å². The predicted molar refractivity (Wildman–Crippen MR) is 59.2 cm³/mol. The summed E-state index contributed by atoms with van der Waals surface area (Å²) >= 11 is 0. The van der Waals surface area contributed by atoms with Gasteiger partial charge in [-0.2, -0.15) is 39.5 Å². The molecule has 0 rings (SSSR count). The molecule has 0 radical (unpaired) electrons. The Morgan fingerprint density at radius 2 is 1.17 bits per heavy atom. The van der Waals surface area contributed by atoms with Crippen molar-refractivity contribution >= 4 is 7.82 Å². The highest BCUT2D eigenvalue weighted by molar-refractivity contribution is 7.48. The average molecular weight is 392 g/mol. The van der Waals surface area contributed by atoms with Gasteiger partial charge in [0.05, 0.1) is 0 Å². The lowest BCUT2D eigenvalue weighted by molar-refractivity contribution is -0.430. The normalized spacial score (nSPS) is 14.1. The number of phosphoric acid groups is 1. The third kappa shape index (κ3) is 4.57. The van der Waals surface area contributed by atoms with Crippen LogP contribution in [-0.2, 0) is 18.1 Å². The molecule has 0 aliphatic carbocycles. The van der Waals surface area contributed by atoms with E-state index in [4.69, 9.17) is 0 Å². The minimum atomic E-state index is -7.24. The highest BCUT2D eigenvalue weighted by Crippen LogP contribution is 2.60. The zero-order valence-corrected chi connectivity index (χ0v) is 11.9. The van der Waals surface area contributed by atoms with E-state index in [2.05, 4.69) is 26.4 Å². The number of hydrogen-bond donors (Lipinski definition) is 0. The fourth-order valence-corrected chi connectivity index (χ4v) is 1.92. The molecule has 0 aromatic rings. The Balaban J connectivity index is 5.74. The second-order valence-electron chi connectivity index (χ2n) is 3.66. The van der Waals surface area contributed by atoms with Crippen molar-refractivity contribution in [3.63, 3.8) is 0 Å². The van der Waals surface area contributed by atoms with E-state index in [1.807, 2.05) is 0 Å². The van der Waals surface area contributed by atoms with Crippen molar-refractivity contribution in [3.8, 4) is 24.7 Å². The van der Waals surface area contributed by atoms with Gasteiger partial charge in [-0.3, -0.25) is 9.05 Å². The Morgan fingerprint density at radius 3 is 1.46 bits per heavy atom. The molecule has 0 saturated heterocycles. The van der Waals surface area contributed by atoms with Gasteiger partial charge < -0.3 is 0 Å². The largest absolute Gasteiger partial charge is 0.481 e. The van der Waals surface area contributed by atoms with E-state index in [0.717, 1.165) is 0 Å². The summed E-state index contributed by atoms with van der Waals surface area (Å²) in [6.45, 7) is -2.33. The zero-order valence-electron chi connectivity index (χ0n) is 11.1. The number of phosphoric ester groups is 1. The molecule has 138 valence electrons. The lowest BCUT2D eigenvalue weighted by Crippen LogP contribution is -2.61. The Labute approximate surface area is 128 Å². The number of rotatable bonds is 8. The standard InChI is InChI=1S/C10H6F9O4P/c1-3-5-21-24(20,22-6-4-2)23-10(18,19)8(13,14)7(11,12)9(15,16)17/h1-2H,5-6H2. The second kappa shape index (κ2) is 7.23. The van der Waals surface area contributed by atoms with Gasteiger partial charge in [0.1, 0.15) is 13.2 Å². The Hall–Kier alpha value is -1.40. The quantitative estimate of drug-likeness (QED) is 0.358. The van der Waals surface area contributed by atoms with Gasteiger partial charge in [-0.15, -0.1) is 12.8 Å². The van der Waals surface area contributed by atoms with Crippen molar-refractivity contribution in [1.29, 1.82) is 0 Å². The topological polar surface area (TPSA) is 44.8 Å². The molecule has 0 aromatic carbocycles. The van der Waals surface area contributed by atoms with Gasteiger partial charge in [-0.1, -0.05) is 11.8 Å². The van der Waals surface area contributed by atoms with Gasteiger partial charge in [0.2, 0.25) is 0 Å². The molecule has 0 saturated carbocycles. The van der Waals surface area contributed by atoms with Crippen LogP contribution in [0, 0.1) is 24.7 Å². The van der Waals surface area contributed by atoms with Crippen LogP contribution in [-0.4, -0.2) is 37.3 Å². The van der Waals surface area contributed by atoms with Gasteiger partial charge in [-0.25, -0.2) is 9.09 Å². The van der Waals surface area contributed by atoms with Crippen LogP contribution in [0.5, 0.6) is 0 Å². The molecule has 0 aliphatic rings. The van der Waals surface area contributed by atoms with Crippen molar-refractivity contribution in [3.05, 3.63) is 0 Å². The molecule has 4 nitrogen and oxygen atoms in total. The first-order valence-corrected chi connectivity index (χ1v) is 6.71. The van der Waals surface area contributed by atoms with Crippen molar-refractivity contribution in [1.82, 2.24) is 0 Å².